The van der Waals surface area contributed by atoms with Gasteiger partial charge in [-0.05, 0) is 47.9 Å². The van der Waals surface area contributed by atoms with Crippen molar-refractivity contribution in [2.45, 2.75) is 38.3 Å². The highest BCUT2D eigenvalue weighted by Crippen LogP contribution is 2.40. The van der Waals surface area contributed by atoms with Gasteiger partial charge in [0.05, 0.1) is 12.3 Å². The second-order valence-electron chi connectivity index (χ2n) is 9.80. The maximum atomic E-state index is 15.0. The van der Waals surface area contributed by atoms with Gasteiger partial charge in [0.1, 0.15) is 36.1 Å². The highest BCUT2D eigenvalue weighted by molar-refractivity contribution is 9.10. The van der Waals surface area contributed by atoms with E-state index in [0.717, 1.165) is 5.56 Å². The summed E-state index contributed by atoms with van der Waals surface area (Å²) < 4.78 is 21.0. The molecule has 3 amide bonds. The van der Waals surface area contributed by atoms with Gasteiger partial charge in [0.2, 0.25) is 0 Å². The lowest BCUT2D eigenvalue weighted by molar-refractivity contribution is -0.129. The van der Waals surface area contributed by atoms with Crippen molar-refractivity contribution in [2.24, 2.45) is 0 Å². The second kappa shape index (κ2) is 12.2. The van der Waals surface area contributed by atoms with E-state index in [1.165, 1.54) is 11.0 Å². The Labute approximate surface area is 245 Å². The highest BCUT2D eigenvalue weighted by Gasteiger charge is 2.46. The number of amides is 3. The van der Waals surface area contributed by atoms with Crippen LogP contribution in [0.25, 0.3) is 11.3 Å². The quantitative estimate of drug-likeness (QED) is 0.187. The minimum atomic E-state index is -0.899. The molecule has 0 radical (unpaired) electrons. The standard InChI is InChI=1S/C31H30BrFN4O4/c1-3-25-27(23-14-11-21(32)17-24(23)33)35-29(34-25)28(18(2)19-7-5-4-6-8-19)37-30(39)26(36-31(37)40)20-9-12-22(13-10-20)41-16-15-38/h4-14,17-18,26,28,38H,3,15-16H2,1-2H3,(H,34,35)(H,36,40)/t18-,26?,28-/m0/s1. The molecule has 1 aliphatic rings. The number of aliphatic hydroxyl groups excluding tert-OH is 1. The first-order chi connectivity index (χ1) is 19.8. The number of carbonyl (C=O) groups is 2. The number of halogens is 2. The van der Waals surface area contributed by atoms with Crippen molar-refractivity contribution < 1.29 is 23.8 Å². The van der Waals surface area contributed by atoms with E-state index in [-0.39, 0.29) is 19.1 Å². The molecule has 1 fully saturated rings. The van der Waals surface area contributed by atoms with Gasteiger partial charge in [-0.25, -0.2) is 14.2 Å². The first-order valence-electron chi connectivity index (χ1n) is 13.4. The molecule has 3 aromatic carbocycles. The van der Waals surface area contributed by atoms with Crippen LogP contribution in [0.4, 0.5) is 9.18 Å². The van der Waals surface area contributed by atoms with Gasteiger partial charge in [-0.1, -0.05) is 72.2 Å². The number of aromatic amines is 1. The fourth-order valence-corrected chi connectivity index (χ4v) is 5.49. The van der Waals surface area contributed by atoms with Crippen molar-refractivity contribution in [2.75, 3.05) is 13.2 Å². The fourth-order valence-electron chi connectivity index (χ4n) is 5.15. The molecule has 8 nitrogen and oxygen atoms in total. The molecule has 2 heterocycles. The van der Waals surface area contributed by atoms with E-state index in [2.05, 4.69) is 26.2 Å². The summed E-state index contributed by atoms with van der Waals surface area (Å²) in [5.74, 6) is -0.244. The molecule has 0 spiro atoms. The number of imide groups is 1. The fraction of sp³-hybridized carbons (Fsp3) is 0.258. The maximum absolute atomic E-state index is 15.0. The van der Waals surface area contributed by atoms with E-state index < -0.39 is 29.8 Å². The lowest BCUT2D eigenvalue weighted by Gasteiger charge is -2.29. The largest absolute Gasteiger partial charge is 0.491 e. The summed E-state index contributed by atoms with van der Waals surface area (Å²) in [5.41, 5.74) is 2.99. The van der Waals surface area contributed by atoms with Crippen LogP contribution in [-0.4, -0.2) is 45.1 Å². The first kappa shape index (κ1) is 28.5. The lowest BCUT2D eigenvalue weighted by Crippen LogP contribution is -2.38. The zero-order valence-corrected chi connectivity index (χ0v) is 24.2. The van der Waals surface area contributed by atoms with Crippen LogP contribution in [0.2, 0.25) is 0 Å². The van der Waals surface area contributed by atoms with Crippen molar-refractivity contribution >= 4 is 27.9 Å². The molecule has 5 rings (SSSR count). The van der Waals surface area contributed by atoms with Gasteiger partial charge in [-0.15, -0.1) is 0 Å². The Kier molecular flexibility index (Phi) is 8.51. The Morgan fingerprint density at radius 2 is 1.83 bits per heavy atom. The number of hydrogen-bond acceptors (Lipinski definition) is 5. The SMILES string of the molecule is CCc1[nH]c([C@H]([C@@H](C)c2ccccc2)N2C(=O)NC(c3ccc(OCCO)cc3)C2=O)nc1-c1ccc(Br)cc1F. The Bertz CT molecular complexity index is 1540. The third-order valence-corrected chi connectivity index (χ3v) is 7.73. The zero-order valence-electron chi connectivity index (χ0n) is 22.6. The Morgan fingerprint density at radius 3 is 2.49 bits per heavy atom. The van der Waals surface area contributed by atoms with Crippen LogP contribution in [0.15, 0.2) is 77.3 Å². The Balaban J connectivity index is 1.55. The van der Waals surface area contributed by atoms with Crippen LogP contribution < -0.4 is 10.1 Å². The Morgan fingerprint density at radius 1 is 1.10 bits per heavy atom. The molecule has 1 unspecified atom stereocenters. The highest BCUT2D eigenvalue weighted by atomic mass is 79.9. The van der Waals surface area contributed by atoms with Gasteiger partial charge >= 0.3 is 6.03 Å². The molecule has 0 saturated carbocycles. The number of aliphatic hydroxyl groups is 1. The van der Waals surface area contributed by atoms with Crippen molar-refractivity contribution in [3.8, 4) is 17.0 Å². The number of rotatable bonds is 10. The van der Waals surface area contributed by atoms with Gasteiger partial charge in [-0.2, -0.15) is 0 Å². The molecule has 1 aromatic heterocycles. The van der Waals surface area contributed by atoms with Crippen molar-refractivity contribution in [3.63, 3.8) is 0 Å². The van der Waals surface area contributed by atoms with Gasteiger partial charge in [0.15, 0.2) is 0 Å². The number of carbonyl (C=O) groups excluding carboxylic acids is 2. The average Bonchev–Trinajstić information content (AvgIpc) is 3.53. The molecule has 41 heavy (non-hydrogen) atoms. The topological polar surface area (TPSA) is 108 Å². The third kappa shape index (κ3) is 5.75. The second-order valence-corrected chi connectivity index (χ2v) is 10.7. The number of imidazole rings is 1. The van der Waals surface area contributed by atoms with Gasteiger partial charge in [0, 0.05) is 21.6 Å². The van der Waals surface area contributed by atoms with E-state index >= 15 is 4.39 Å². The molecular weight excluding hydrogens is 591 g/mol. The normalized spacial score (nSPS) is 16.5. The monoisotopic (exact) mass is 620 g/mol. The number of benzene rings is 3. The van der Waals surface area contributed by atoms with Crippen molar-refractivity contribution in [3.05, 3.63) is 106 Å². The number of hydrogen-bond donors (Lipinski definition) is 3. The number of aryl methyl sites for hydroxylation is 1. The summed E-state index contributed by atoms with van der Waals surface area (Å²) in [6, 6.07) is 19.0. The van der Waals surface area contributed by atoms with Crippen LogP contribution in [0.5, 0.6) is 5.75 Å². The number of urea groups is 1. The van der Waals surface area contributed by atoms with E-state index in [9.17, 15) is 9.59 Å². The van der Waals surface area contributed by atoms with Crippen LogP contribution in [0, 0.1) is 5.82 Å². The zero-order chi connectivity index (χ0) is 29.1. The minimum absolute atomic E-state index is 0.114. The van der Waals surface area contributed by atoms with Gasteiger partial charge in [-0.3, -0.25) is 9.69 Å². The minimum Gasteiger partial charge on any atom is -0.491 e. The van der Waals surface area contributed by atoms with E-state index in [4.69, 9.17) is 14.8 Å². The number of ether oxygens (including phenoxy) is 1. The van der Waals surface area contributed by atoms with E-state index in [1.807, 2.05) is 44.2 Å². The van der Waals surface area contributed by atoms with Gasteiger partial charge in [0.25, 0.3) is 5.91 Å². The summed E-state index contributed by atoms with van der Waals surface area (Å²) in [4.78, 5) is 36.8. The molecule has 10 heteroatoms. The molecule has 0 bridgehead atoms. The predicted molar refractivity (Wildman–Crippen MR) is 156 cm³/mol. The summed E-state index contributed by atoms with van der Waals surface area (Å²) in [6.45, 7) is 3.91. The van der Waals surface area contributed by atoms with E-state index in [0.29, 0.717) is 45.0 Å². The van der Waals surface area contributed by atoms with Crippen molar-refractivity contribution in [1.82, 2.24) is 20.2 Å². The smallest absolute Gasteiger partial charge is 0.325 e. The number of nitrogens with zero attached hydrogens (tertiary/aromatic N) is 2. The molecule has 212 valence electrons. The summed E-state index contributed by atoms with van der Waals surface area (Å²) >= 11 is 3.30. The maximum Gasteiger partial charge on any atom is 0.325 e. The van der Waals surface area contributed by atoms with Gasteiger partial charge < -0.3 is 20.1 Å². The van der Waals surface area contributed by atoms with Crippen molar-refractivity contribution in [1.29, 1.82) is 0 Å². The molecule has 4 aromatic rings. The summed E-state index contributed by atoms with van der Waals surface area (Å²) in [6.07, 6.45) is 0.539. The molecule has 1 aliphatic heterocycles. The Hall–Kier alpha value is -4.02. The van der Waals surface area contributed by atoms with E-state index in [1.54, 1.807) is 36.4 Å². The molecule has 3 atom stereocenters. The summed E-state index contributed by atoms with van der Waals surface area (Å²) in [7, 11) is 0. The number of H-pyrrole nitrogens is 1. The number of nitrogens with one attached hydrogen (secondary N) is 2. The average molecular weight is 622 g/mol. The molecule has 1 saturated heterocycles. The van der Waals surface area contributed by atoms with Crippen LogP contribution in [0.3, 0.4) is 0 Å². The first-order valence-corrected chi connectivity index (χ1v) is 14.2. The third-order valence-electron chi connectivity index (χ3n) is 7.24. The van der Waals surface area contributed by atoms with Crippen LogP contribution >= 0.6 is 15.9 Å². The molecule has 0 aliphatic carbocycles. The van der Waals surface area contributed by atoms with Crippen LogP contribution in [-0.2, 0) is 11.2 Å². The van der Waals surface area contributed by atoms with Crippen LogP contribution in [0.1, 0.15) is 54.5 Å². The lowest BCUT2D eigenvalue weighted by atomic mass is 9.91. The predicted octanol–water partition coefficient (Wildman–Crippen LogP) is 6.05. The molecular formula is C31H30BrFN4O4. The number of aromatic nitrogens is 2. The summed E-state index contributed by atoms with van der Waals surface area (Å²) in [5, 5.41) is 11.8. The molecule has 3 N–H and O–H groups in total.